The van der Waals surface area contributed by atoms with Crippen molar-refractivity contribution in [1.29, 1.82) is 5.26 Å². The standard InChI is InChI=1S/C12H12N2O2/c13-8-9-3-1-4-10(7-9)14-12(15)11-5-2-6-16-11/h1,3-4,7,11H,2,5-6H2,(H,14,15)/t11-/m0/s1. The fraction of sp³-hybridized carbons (Fsp3) is 0.333. The number of nitriles is 1. The molecule has 0 bridgehead atoms. The number of anilines is 1. The van der Waals surface area contributed by atoms with Crippen molar-refractivity contribution in [2.75, 3.05) is 11.9 Å². The minimum atomic E-state index is -0.342. The van der Waals surface area contributed by atoms with Crippen LogP contribution in [0.25, 0.3) is 0 Å². The van der Waals surface area contributed by atoms with Crippen molar-refractivity contribution in [3.63, 3.8) is 0 Å². The molecule has 0 unspecified atom stereocenters. The fourth-order valence-electron chi connectivity index (χ4n) is 1.67. The van der Waals surface area contributed by atoms with Gasteiger partial charge in [0.25, 0.3) is 5.91 Å². The number of hydrogen-bond acceptors (Lipinski definition) is 3. The van der Waals surface area contributed by atoms with Crippen LogP contribution in [-0.2, 0) is 9.53 Å². The largest absolute Gasteiger partial charge is 0.368 e. The van der Waals surface area contributed by atoms with Gasteiger partial charge in [-0.25, -0.2) is 0 Å². The van der Waals surface area contributed by atoms with Crippen LogP contribution in [0.15, 0.2) is 24.3 Å². The lowest BCUT2D eigenvalue weighted by Crippen LogP contribution is -2.26. The lowest BCUT2D eigenvalue weighted by atomic mass is 10.2. The number of carbonyl (C=O) groups is 1. The van der Waals surface area contributed by atoms with E-state index in [2.05, 4.69) is 5.32 Å². The van der Waals surface area contributed by atoms with E-state index in [9.17, 15) is 4.79 Å². The number of nitrogens with zero attached hydrogens (tertiary/aromatic N) is 1. The molecule has 1 N–H and O–H groups in total. The highest BCUT2D eigenvalue weighted by Crippen LogP contribution is 2.15. The molecule has 82 valence electrons. The van der Waals surface area contributed by atoms with Crippen LogP contribution < -0.4 is 5.32 Å². The number of ether oxygens (including phenoxy) is 1. The topological polar surface area (TPSA) is 62.1 Å². The highest BCUT2D eigenvalue weighted by atomic mass is 16.5. The monoisotopic (exact) mass is 216 g/mol. The second kappa shape index (κ2) is 4.77. The third kappa shape index (κ3) is 2.38. The molecule has 16 heavy (non-hydrogen) atoms. The summed E-state index contributed by atoms with van der Waals surface area (Å²) in [5, 5.41) is 11.5. The molecule has 1 amide bonds. The zero-order chi connectivity index (χ0) is 11.4. The average Bonchev–Trinajstić information content (AvgIpc) is 2.83. The molecule has 0 aromatic heterocycles. The zero-order valence-corrected chi connectivity index (χ0v) is 8.77. The average molecular weight is 216 g/mol. The summed E-state index contributed by atoms with van der Waals surface area (Å²) in [5.41, 5.74) is 1.17. The highest BCUT2D eigenvalue weighted by Gasteiger charge is 2.23. The van der Waals surface area contributed by atoms with Crippen LogP contribution in [0, 0.1) is 11.3 Å². The summed E-state index contributed by atoms with van der Waals surface area (Å²) in [6.45, 7) is 0.649. The van der Waals surface area contributed by atoms with Crippen LogP contribution in [0.5, 0.6) is 0 Å². The van der Waals surface area contributed by atoms with Crippen LogP contribution >= 0.6 is 0 Å². The van der Waals surface area contributed by atoms with Gasteiger partial charge in [-0.3, -0.25) is 4.79 Å². The van der Waals surface area contributed by atoms with E-state index in [-0.39, 0.29) is 12.0 Å². The Morgan fingerprint density at radius 3 is 3.12 bits per heavy atom. The molecule has 1 saturated heterocycles. The van der Waals surface area contributed by atoms with Gasteiger partial charge < -0.3 is 10.1 Å². The SMILES string of the molecule is N#Cc1cccc(NC(=O)[C@@H]2CCCO2)c1. The van der Waals surface area contributed by atoms with Crippen molar-refractivity contribution in [2.45, 2.75) is 18.9 Å². The maximum atomic E-state index is 11.7. The molecule has 0 aliphatic carbocycles. The van der Waals surface area contributed by atoms with E-state index < -0.39 is 0 Å². The lowest BCUT2D eigenvalue weighted by molar-refractivity contribution is -0.124. The van der Waals surface area contributed by atoms with Gasteiger partial charge in [0.05, 0.1) is 11.6 Å². The summed E-state index contributed by atoms with van der Waals surface area (Å²) in [4.78, 5) is 11.7. The normalized spacial score (nSPS) is 19.1. The van der Waals surface area contributed by atoms with E-state index in [4.69, 9.17) is 10.00 Å². The molecule has 1 aromatic carbocycles. The Balaban J connectivity index is 2.03. The molecule has 1 aliphatic heterocycles. The molecular formula is C12H12N2O2. The molecule has 0 radical (unpaired) electrons. The molecule has 1 atom stereocenters. The van der Waals surface area contributed by atoms with Crippen molar-refractivity contribution in [2.24, 2.45) is 0 Å². The van der Waals surface area contributed by atoms with Crippen molar-refractivity contribution < 1.29 is 9.53 Å². The van der Waals surface area contributed by atoms with Crippen molar-refractivity contribution in [3.05, 3.63) is 29.8 Å². The first-order chi connectivity index (χ1) is 7.79. The molecule has 0 spiro atoms. The maximum Gasteiger partial charge on any atom is 0.253 e. The van der Waals surface area contributed by atoms with Crippen LogP contribution in [0.4, 0.5) is 5.69 Å². The Morgan fingerprint density at radius 1 is 1.56 bits per heavy atom. The first-order valence-electron chi connectivity index (χ1n) is 5.22. The van der Waals surface area contributed by atoms with Crippen LogP contribution in [0.3, 0.4) is 0 Å². The Labute approximate surface area is 93.8 Å². The van der Waals surface area contributed by atoms with Crippen LogP contribution in [-0.4, -0.2) is 18.6 Å². The van der Waals surface area contributed by atoms with Crippen molar-refractivity contribution >= 4 is 11.6 Å². The number of carbonyl (C=O) groups excluding carboxylic acids is 1. The predicted octanol–water partition coefficient (Wildman–Crippen LogP) is 1.68. The Kier molecular flexibility index (Phi) is 3.18. The molecule has 2 rings (SSSR count). The summed E-state index contributed by atoms with van der Waals surface area (Å²) >= 11 is 0. The lowest BCUT2D eigenvalue weighted by Gasteiger charge is -2.10. The minimum Gasteiger partial charge on any atom is -0.368 e. The third-order valence-corrected chi connectivity index (χ3v) is 2.48. The second-order valence-electron chi connectivity index (χ2n) is 3.68. The number of hydrogen-bond donors (Lipinski definition) is 1. The quantitative estimate of drug-likeness (QED) is 0.818. The van der Waals surface area contributed by atoms with Gasteiger partial charge in [-0.1, -0.05) is 6.07 Å². The van der Waals surface area contributed by atoms with E-state index in [0.717, 1.165) is 12.8 Å². The first kappa shape index (κ1) is 10.7. The van der Waals surface area contributed by atoms with Gasteiger partial charge in [-0.05, 0) is 31.0 Å². The predicted molar refractivity (Wildman–Crippen MR) is 58.8 cm³/mol. The van der Waals surface area contributed by atoms with Crippen molar-refractivity contribution in [3.8, 4) is 6.07 Å². The smallest absolute Gasteiger partial charge is 0.253 e. The van der Waals surface area contributed by atoms with Crippen LogP contribution in [0.2, 0.25) is 0 Å². The van der Waals surface area contributed by atoms with Gasteiger partial charge in [0.2, 0.25) is 0 Å². The summed E-state index contributed by atoms with van der Waals surface area (Å²) in [7, 11) is 0. The van der Waals surface area contributed by atoms with Gasteiger partial charge in [0.1, 0.15) is 6.10 Å². The molecule has 4 nitrogen and oxygen atoms in total. The number of rotatable bonds is 2. The van der Waals surface area contributed by atoms with Gasteiger partial charge >= 0.3 is 0 Å². The Morgan fingerprint density at radius 2 is 2.44 bits per heavy atom. The first-order valence-corrected chi connectivity index (χ1v) is 5.22. The van der Waals surface area contributed by atoms with Gasteiger partial charge in [-0.15, -0.1) is 0 Å². The zero-order valence-electron chi connectivity index (χ0n) is 8.77. The Hall–Kier alpha value is -1.86. The van der Waals surface area contributed by atoms with Gasteiger partial charge in [0, 0.05) is 12.3 Å². The fourth-order valence-corrected chi connectivity index (χ4v) is 1.67. The van der Waals surface area contributed by atoms with E-state index in [0.29, 0.717) is 17.9 Å². The molecule has 4 heteroatoms. The minimum absolute atomic E-state index is 0.132. The molecule has 0 saturated carbocycles. The van der Waals surface area contributed by atoms with E-state index in [1.165, 1.54) is 0 Å². The molecule has 1 heterocycles. The molecule has 1 aromatic rings. The third-order valence-electron chi connectivity index (χ3n) is 2.48. The molecule has 1 aliphatic rings. The summed E-state index contributed by atoms with van der Waals surface area (Å²) < 4.78 is 5.27. The van der Waals surface area contributed by atoms with E-state index in [1.807, 2.05) is 6.07 Å². The Bertz CT molecular complexity index is 431. The summed E-state index contributed by atoms with van der Waals surface area (Å²) in [6.07, 6.45) is 1.35. The summed E-state index contributed by atoms with van der Waals surface area (Å²) in [6, 6.07) is 8.87. The maximum absolute atomic E-state index is 11.7. The second-order valence-corrected chi connectivity index (χ2v) is 3.68. The summed E-state index contributed by atoms with van der Waals surface area (Å²) in [5.74, 6) is -0.132. The van der Waals surface area contributed by atoms with Crippen LogP contribution in [0.1, 0.15) is 18.4 Å². The number of amides is 1. The van der Waals surface area contributed by atoms with Gasteiger partial charge in [0.15, 0.2) is 0 Å². The highest BCUT2D eigenvalue weighted by molar-refractivity contribution is 5.94. The van der Waals surface area contributed by atoms with E-state index in [1.54, 1.807) is 24.3 Å². The van der Waals surface area contributed by atoms with Gasteiger partial charge in [-0.2, -0.15) is 5.26 Å². The molecule has 1 fully saturated rings. The molecular weight excluding hydrogens is 204 g/mol. The number of benzene rings is 1. The van der Waals surface area contributed by atoms with Crippen molar-refractivity contribution in [1.82, 2.24) is 0 Å². The van der Waals surface area contributed by atoms with E-state index >= 15 is 0 Å². The number of nitrogens with one attached hydrogen (secondary N) is 1.